The maximum atomic E-state index is 13.0. The third-order valence-electron chi connectivity index (χ3n) is 3.79. The number of carbonyl (C=O) groups is 3. The van der Waals surface area contributed by atoms with Crippen molar-refractivity contribution in [1.82, 2.24) is 20.4 Å². The summed E-state index contributed by atoms with van der Waals surface area (Å²) in [7, 11) is 1.45. The van der Waals surface area contributed by atoms with Crippen LogP contribution in [-0.2, 0) is 25.5 Å². The van der Waals surface area contributed by atoms with Crippen LogP contribution >= 0.6 is 0 Å². The SMILES string of the molecule is CN(CC(=O)NC(C)(C)C)C(=O)COC(=O)CCc1nc(-c2ccc(F)cc2)no1. The first-order chi connectivity index (χ1) is 14.0. The van der Waals surface area contributed by atoms with Gasteiger partial charge in [0.2, 0.25) is 17.6 Å². The van der Waals surface area contributed by atoms with E-state index in [1.807, 2.05) is 20.8 Å². The number of benzene rings is 1. The van der Waals surface area contributed by atoms with Crippen LogP contribution in [-0.4, -0.2) is 58.6 Å². The number of esters is 1. The lowest BCUT2D eigenvalue weighted by Crippen LogP contribution is -2.46. The molecular weight excluding hydrogens is 395 g/mol. The van der Waals surface area contributed by atoms with E-state index in [1.165, 1.54) is 36.2 Å². The van der Waals surface area contributed by atoms with Crippen LogP contribution in [0.5, 0.6) is 0 Å². The number of amides is 2. The van der Waals surface area contributed by atoms with Gasteiger partial charge in [0.05, 0.1) is 13.0 Å². The Balaban J connectivity index is 1.74. The molecule has 1 N–H and O–H groups in total. The second-order valence-electron chi connectivity index (χ2n) is 7.73. The van der Waals surface area contributed by atoms with Crippen molar-refractivity contribution in [3.8, 4) is 11.4 Å². The number of likely N-dealkylation sites (N-methyl/N-ethyl adjacent to an activating group) is 1. The highest BCUT2D eigenvalue weighted by Crippen LogP contribution is 2.16. The van der Waals surface area contributed by atoms with Crippen molar-refractivity contribution >= 4 is 17.8 Å². The molecule has 0 unspecified atom stereocenters. The Kier molecular flexibility index (Phi) is 7.62. The number of aryl methyl sites for hydroxylation is 1. The van der Waals surface area contributed by atoms with E-state index < -0.39 is 24.0 Å². The smallest absolute Gasteiger partial charge is 0.306 e. The predicted octanol–water partition coefficient (Wildman–Crippen LogP) is 1.72. The number of hydrogen-bond donors (Lipinski definition) is 1. The topological polar surface area (TPSA) is 115 Å². The molecule has 2 aromatic rings. The summed E-state index contributed by atoms with van der Waals surface area (Å²) in [5.41, 5.74) is 0.178. The van der Waals surface area contributed by atoms with Gasteiger partial charge >= 0.3 is 5.97 Å². The molecule has 9 nitrogen and oxygen atoms in total. The van der Waals surface area contributed by atoms with Crippen LogP contribution in [0.2, 0.25) is 0 Å². The van der Waals surface area contributed by atoms with Gasteiger partial charge < -0.3 is 19.5 Å². The first kappa shape index (κ1) is 23.0. The highest BCUT2D eigenvalue weighted by atomic mass is 19.1. The Hall–Kier alpha value is -3.30. The normalized spacial score (nSPS) is 11.1. The molecule has 0 spiro atoms. The van der Waals surface area contributed by atoms with Crippen molar-refractivity contribution < 1.29 is 28.0 Å². The highest BCUT2D eigenvalue weighted by molar-refractivity contribution is 5.86. The summed E-state index contributed by atoms with van der Waals surface area (Å²) in [5, 5.41) is 6.53. The van der Waals surface area contributed by atoms with E-state index in [0.29, 0.717) is 5.56 Å². The summed E-state index contributed by atoms with van der Waals surface area (Å²) in [5.74, 6) is -1.29. The number of ether oxygens (including phenoxy) is 1. The molecule has 2 amide bonds. The van der Waals surface area contributed by atoms with Gasteiger partial charge in [0.25, 0.3) is 5.91 Å². The van der Waals surface area contributed by atoms with Crippen LogP contribution in [0.4, 0.5) is 4.39 Å². The van der Waals surface area contributed by atoms with Crippen molar-refractivity contribution in [3.05, 3.63) is 36.0 Å². The quantitative estimate of drug-likeness (QED) is 0.647. The molecule has 0 saturated heterocycles. The lowest BCUT2D eigenvalue weighted by Gasteiger charge is -2.23. The molecule has 10 heteroatoms. The third-order valence-corrected chi connectivity index (χ3v) is 3.79. The number of rotatable bonds is 8. The summed E-state index contributed by atoms with van der Waals surface area (Å²) >= 11 is 0. The Morgan fingerprint density at radius 3 is 2.50 bits per heavy atom. The fraction of sp³-hybridized carbons (Fsp3) is 0.450. The van der Waals surface area contributed by atoms with Crippen molar-refractivity contribution in [2.24, 2.45) is 0 Å². The van der Waals surface area contributed by atoms with Gasteiger partial charge in [-0.1, -0.05) is 5.16 Å². The Bertz CT molecular complexity index is 889. The maximum absolute atomic E-state index is 13.0. The maximum Gasteiger partial charge on any atom is 0.306 e. The van der Waals surface area contributed by atoms with Gasteiger partial charge in [-0.05, 0) is 45.0 Å². The summed E-state index contributed by atoms with van der Waals surface area (Å²) in [4.78, 5) is 41.0. The molecule has 0 saturated carbocycles. The van der Waals surface area contributed by atoms with Gasteiger partial charge in [-0.2, -0.15) is 4.98 Å². The van der Waals surface area contributed by atoms with E-state index in [9.17, 15) is 18.8 Å². The number of hydrogen-bond acceptors (Lipinski definition) is 7. The zero-order chi connectivity index (χ0) is 22.3. The molecule has 0 aliphatic carbocycles. The molecule has 0 radical (unpaired) electrons. The second-order valence-corrected chi connectivity index (χ2v) is 7.73. The van der Waals surface area contributed by atoms with E-state index in [4.69, 9.17) is 9.26 Å². The van der Waals surface area contributed by atoms with Gasteiger partial charge in [-0.15, -0.1) is 0 Å². The van der Waals surface area contributed by atoms with Gasteiger partial charge in [-0.25, -0.2) is 4.39 Å². The zero-order valence-corrected chi connectivity index (χ0v) is 17.4. The molecule has 162 valence electrons. The van der Waals surface area contributed by atoms with Gasteiger partial charge in [0.1, 0.15) is 5.82 Å². The minimum atomic E-state index is -0.613. The molecular formula is C20H25FN4O5. The van der Waals surface area contributed by atoms with E-state index >= 15 is 0 Å². The Morgan fingerprint density at radius 2 is 1.87 bits per heavy atom. The van der Waals surface area contributed by atoms with Crippen molar-refractivity contribution in [2.75, 3.05) is 20.2 Å². The van der Waals surface area contributed by atoms with Crippen LogP contribution in [0.15, 0.2) is 28.8 Å². The molecule has 2 rings (SSSR count). The van der Waals surface area contributed by atoms with Gasteiger partial charge in [0.15, 0.2) is 6.61 Å². The summed E-state index contributed by atoms with van der Waals surface area (Å²) in [6.45, 7) is 4.89. The standard InChI is InChI=1S/C20H25FN4O5/c1-20(2,3)23-15(26)11-25(4)17(27)12-29-18(28)10-9-16-22-19(24-30-16)13-5-7-14(21)8-6-13/h5-8H,9-12H2,1-4H3,(H,23,26). The lowest BCUT2D eigenvalue weighted by molar-refractivity contribution is -0.152. The minimum Gasteiger partial charge on any atom is -0.456 e. The van der Waals surface area contributed by atoms with E-state index in [-0.39, 0.29) is 42.8 Å². The average Bonchev–Trinajstić information content (AvgIpc) is 3.12. The van der Waals surface area contributed by atoms with E-state index in [1.54, 1.807) is 0 Å². The third kappa shape index (κ3) is 7.61. The Morgan fingerprint density at radius 1 is 1.20 bits per heavy atom. The Labute approximate surface area is 173 Å². The number of aromatic nitrogens is 2. The van der Waals surface area contributed by atoms with Crippen LogP contribution < -0.4 is 5.32 Å². The van der Waals surface area contributed by atoms with Crippen LogP contribution in [0, 0.1) is 5.82 Å². The fourth-order valence-corrected chi connectivity index (χ4v) is 2.37. The summed E-state index contributed by atoms with van der Waals surface area (Å²) < 4.78 is 23.0. The lowest BCUT2D eigenvalue weighted by atomic mass is 10.1. The minimum absolute atomic E-state index is 0.0629. The van der Waals surface area contributed by atoms with E-state index in [2.05, 4.69) is 15.5 Å². The zero-order valence-electron chi connectivity index (χ0n) is 17.4. The largest absolute Gasteiger partial charge is 0.456 e. The van der Waals surface area contributed by atoms with Crippen LogP contribution in [0.3, 0.4) is 0 Å². The van der Waals surface area contributed by atoms with Crippen molar-refractivity contribution in [1.29, 1.82) is 0 Å². The molecule has 1 heterocycles. The van der Waals surface area contributed by atoms with Crippen LogP contribution in [0.25, 0.3) is 11.4 Å². The van der Waals surface area contributed by atoms with Crippen molar-refractivity contribution in [3.63, 3.8) is 0 Å². The van der Waals surface area contributed by atoms with E-state index in [0.717, 1.165) is 0 Å². The highest BCUT2D eigenvalue weighted by Gasteiger charge is 2.19. The molecule has 0 atom stereocenters. The van der Waals surface area contributed by atoms with Gasteiger partial charge in [-0.3, -0.25) is 14.4 Å². The first-order valence-corrected chi connectivity index (χ1v) is 9.32. The molecule has 0 fully saturated rings. The average molecular weight is 420 g/mol. The summed E-state index contributed by atoms with van der Waals surface area (Å²) in [6, 6.07) is 5.59. The monoisotopic (exact) mass is 420 g/mol. The number of halogens is 1. The molecule has 1 aromatic carbocycles. The van der Waals surface area contributed by atoms with Crippen molar-refractivity contribution in [2.45, 2.75) is 39.2 Å². The fourth-order valence-electron chi connectivity index (χ4n) is 2.37. The van der Waals surface area contributed by atoms with Gasteiger partial charge in [0, 0.05) is 24.6 Å². The summed E-state index contributed by atoms with van der Waals surface area (Å²) in [6.07, 6.45) is 0.0671. The first-order valence-electron chi connectivity index (χ1n) is 9.32. The predicted molar refractivity (Wildman–Crippen MR) is 105 cm³/mol. The molecule has 30 heavy (non-hydrogen) atoms. The molecule has 0 aliphatic heterocycles. The second kappa shape index (κ2) is 9.95. The van der Waals surface area contributed by atoms with Crippen LogP contribution in [0.1, 0.15) is 33.1 Å². The molecule has 0 bridgehead atoms. The molecule has 0 aliphatic rings. The number of carbonyl (C=O) groups excluding carboxylic acids is 3. The number of nitrogens with one attached hydrogen (secondary N) is 1. The molecule has 1 aromatic heterocycles. The number of nitrogens with zero attached hydrogens (tertiary/aromatic N) is 3.